The Kier molecular flexibility index (Phi) is 4.42. The van der Waals surface area contributed by atoms with E-state index in [2.05, 4.69) is 4.98 Å². The van der Waals surface area contributed by atoms with Crippen molar-refractivity contribution < 1.29 is 4.79 Å². The van der Waals surface area contributed by atoms with Gasteiger partial charge in [0.1, 0.15) is 11.6 Å². The van der Waals surface area contributed by atoms with Gasteiger partial charge < -0.3 is 16.4 Å². The highest BCUT2D eigenvalue weighted by Crippen LogP contribution is 2.29. The van der Waals surface area contributed by atoms with Crippen molar-refractivity contribution in [1.29, 1.82) is 0 Å². The zero-order valence-electron chi connectivity index (χ0n) is 12.3. The van der Waals surface area contributed by atoms with Crippen LogP contribution in [0.2, 0.25) is 0 Å². The van der Waals surface area contributed by atoms with Crippen LogP contribution in [-0.2, 0) is 0 Å². The molecule has 0 spiro atoms. The maximum Gasteiger partial charge on any atom is 0.254 e. The van der Waals surface area contributed by atoms with E-state index in [1.54, 1.807) is 17.0 Å². The summed E-state index contributed by atoms with van der Waals surface area (Å²) in [5.74, 6) is 0.686. The Bertz CT molecular complexity index is 650. The average molecular weight is 284 g/mol. The summed E-state index contributed by atoms with van der Waals surface area (Å²) < 4.78 is 0. The zero-order valence-corrected chi connectivity index (χ0v) is 12.3. The summed E-state index contributed by atoms with van der Waals surface area (Å²) >= 11 is 0. The first-order valence-corrected chi connectivity index (χ1v) is 6.99. The SMILES string of the molecule is CCN(CC)C(=O)c1ccccc1-c1ccc(N)nc1N. The number of aromatic nitrogens is 1. The number of nitrogens with zero attached hydrogens (tertiary/aromatic N) is 2. The van der Waals surface area contributed by atoms with Crippen molar-refractivity contribution in [2.75, 3.05) is 24.6 Å². The van der Waals surface area contributed by atoms with Gasteiger partial charge in [-0.1, -0.05) is 18.2 Å². The van der Waals surface area contributed by atoms with Gasteiger partial charge >= 0.3 is 0 Å². The monoisotopic (exact) mass is 284 g/mol. The predicted molar refractivity (Wildman–Crippen MR) is 85.7 cm³/mol. The average Bonchev–Trinajstić information content (AvgIpc) is 2.48. The van der Waals surface area contributed by atoms with Gasteiger partial charge in [0.15, 0.2) is 0 Å². The van der Waals surface area contributed by atoms with Crippen LogP contribution >= 0.6 is 0 Å². The number of nitrogen functional groups attached to an aromatic ring is 2. The fourth-order valence-corrected chi connectivity index (χ4v) is 2.30. The molecule has 1 heterocycles. The third-order valence-electron chi connectivity index (χ3n) is 3.44. The van der Waals surface area contributed by atoms with Crippen molar-refractivity contribution >= 4 is 17.5 Å². The summed E-state index contributed by atoms with van der Waals surface area (Å²) in [6.07, 6.45) is 0. The number of pyridine rings is 1. The number of benzene rings is 1. The number of carbonyl (C=O) groups is 1. The third kappa shape index (κ3) is 2.97. The highest BCUT2D eigenvalue weighted by atomic mass is 16.2. The fourth-order valence-electron chi connectivity index (χ4n) is 2.30. The minimum atomic E-state index is -0.00757. The van der Waals surface area contributed by atoms with Crippen LogP contribution in [0.1, 0.15) is 24.2 Å². The molecule has 21 heavy (non-hydrogen) atoms. The molecule has 110 valence electrons. The number of carbonyl (C=O) groups excluding carboxylic acids is 1. The summed E-state index contributed by atoms with van der Waals surface area (Å²) in [5, 5.41) is 0. The van der Waals surface area contributed by atoms with Gasteiger partial charge in [0.25, 0.3) is 5.91 Å². The summed E-state index contributed by atoms with van der Waals surface area (Å²) in [6, 6.07) is 10.9. The van der Waals surface area contributed by atoms with Crippen molar-refractivity contribution in [1.82, 2.24) is 9.88 Å². The van der Waals surface area contributed by atoms with Crippen LogP contribution in [0.4, 0.5) is 11.6 Å². The fraction of sp³-hybridized carbons (Fsp3) is 0.250. The van der Waals surface area contributed by atoms with Gasteiger partial charge in [0.2, 0.25) is 0 Å². The van der Waals surface area contributed by atoms with Crippen molar-refractivity contribution in [2.24, 2.45) is 0 Å². The van der Waals surface area contributed by atoms with Crippen LogP contribution in [-0.4, -0.2) is 28.9 Å². The lowest BCUT2D eigenvalue weighted by Crippen LogP contribution is -2.30. The molecule has 2 rings (SSSR count). The zero-order chi connectivity index (χ0) is 15.4. The lowest BCUT2D eigenvalue weighted by atomic mass is 9.99. The molecule has 0 saturated carbocycles. The van der Waals surface area contributed by atoms with Crippen molar-refractivity contribution in [3.8, 4) is 11.1 Å². The second-order valence-electron chi connectivity index (χ2n) is 4.69. The molecular formula is C16H20N4O. The molecule has 1 aromatic heterocycles. The molecule has 0 atom stereocenters. The van der Waals surface area contributed by atoms with Crippen LogP contribution in [0.15, 0.2) is 36.4 Å². The molecule has 0 fully saturated rings. The van der Waals surface area contributed by atoms with Gasteiger partial charge in [0, 0.05) is 24.2 Å². The Morgan fingerprint density at radius 3 is 2.33 bits per heavy atom. The minimum absolute atomic E-state index is 0.00757. The Morgan fingerprint density at radius 2 is 1.71 bits per heavy atom. The Balaban J connectivity index is 2.53. The summed E-state index contributed by atoms with van der Waals surface area (Å²) in [7, 11) is 0. The Morgan fingerprint density at radius 1 is 1.05 bits per heavy atom. The molecule has 0 aliphatic rings. The highest BCUT2D eigenvalue weighted by Gasteiger charge is 2.18. The molecule has 1 aromatic carbocycles. The van der Waals surface area contributed by atoms with Crippen molar-refractivity contribution in [3.63, 3.8) is 0 Å². The molecule has 0 saturated heterocycles. The van der Waals surface area contributed by atoms with Crippen LogP contribution in [0.3, 0.4) is 0 Å². The van der Waals surface area contributed by atoms with Gasteiger partial charge in [-0.15, -0.1) is 0 Å². The molecule has 1 amide bonds. The van der Waals surface area contributed by atoms with E-state index in [0.29, 0.717) is 30.3 Å². The van der Waals surface area contributed by atoms with E-state index in [0.717, 1.165) is 11.1 Å². The summed E-state index contributed by atoms with van der Waals surface area (Å²) in [4.78, 5) is 18.5. The van der Waals surface area contributed by atoms with Crippen LogP contribution in [0.5, 0.6) is 0 Å². The van der Waals surface area contributed by atoms with Crippen LogP contribution < -0.4 is 11.5 Å². The number of amides is 1. The van der Waals surface area contributed by atoms with E-state index in [9.17, 15) is 4.79 Å². The molecular weight excluding hydrogens is 264 g/mol. The molecule has 0 aliphatic heterocycles. The second kappa shape index (κ2) is 6.26. The Hall–Kier alpha value is -2.56. The summed E-state index contributed by atoms with van der Waals surface area (Å²) in [6.45, 7) is 5.25. The molecule has 0 aliphatic carbocycles. The standard InChI is InChI=1S/C16H20N4O/c1-3-20(4-2)16(21)13-8-6-5-7-11(13)12-9-10-14(17)19-15(12)18/h5-10H,3-4H2,1-2H3,(H4,17,18,19). The lowest BCUT2D eigenvalue weighted by molar-refractivity contribution is 0.0774. The van der Waals surface area contributed by atoms with E-state index in [1.807, 2.05) is 38.1 Å². The molecule has 2 aromatic rings. The lowest BCUT2D eigenvalue weighted by Gasteiger charge is -2.20. The van der Waals surface area contributed by atoms with E-state index in [-0.39, 0.29) is 5.91 Å². The van der Waals surface area contributed by atoms with Gasteiger partial charge in [-0.3, -0.25) is 4.79 Å². The molecule has 0 bridgehead atoms. The quantitative estimate of drug-likeness (QED) is 0.902. The second-order valence-corrected chi connectivity index (χ2v) is 4.69. The maximum atomic E-state index is 12.6. The first kappa shape index (κ1) is 14.8. The molecule has 5 heteroatoms. The van der Waals surface area contributed by atoms with Gasteiger partial charge in [-0.05, 0) is 37.6 Å². The topological polar surface area (TPSA) is 85.2 Å². The molecule has 0 unspecified atom stereocenters. The molecule has 5 nitrogen and oxygen atoms in total. The number of rotatable bonds is 4. The Labute approximate surface area is 124 Å². The number of nitrogens with two attached hydrogens (primary N) is 2. The highest BCUT2D eigenvalue weighted by molar-refractivity contribution is 6.02. The molecule has 4 N–H and O–H groups in total. The van der Waals surface area contributed by atoms with Crippen LogP contribution in [0, 0.1) is 0 Å². The van der Waals surface area contributed by atoms with Gasteiger partial charge in [0.05, 0.1) is 0 Å². The van der Waals surface area contributed by atoms with E-state index < -0.39 is 0 Å². The first-order chi connectivity index (χ1) is 10.1. The maximum absolute atomic E-state index is 12.6. The summed E-state index contributed by atoms with van der Waals surface area (Å²) in [5.41, 5.74) is 13.7. The van der Waals surface area contributed by atoms with Crippen LogP contribution in [0.25, 0.3) is 11.1 Å². The normalized spacial score (nSPS) is 10.4. The van der Waals surface area contributed by atoms with E-state index in [4.69, 9.17) is 11.5 Å². The number of hydrogen-bond acceptors (Lipinski definition) is 4. The predicted octanol–water partition coefficient (Wildman–Crippen LogP) is 2.40. The smallest absolute Gasteiger partial charge is 0.254 e. The third-order valence-corrected chi connectivity index (χ3v) is 3.44. The number of anilines is 2. The van der Waals surface area contributed by atoms with Crippen molar-refractivity contribution in [2.45, 2.75) is 13.8 Å². The largest absolute Gasteiger partial charge is 0.384 e. The van der Waals surface area contributed by atoms with Gasteiger partial charge in [-0.25, -0.2) is 4.98 Å². The van der Waals surface area contributed by atoms with Gasteiger partial charge in [-0.2, -0.15) is 0 Å². The first-order valence-electron chi connectivity index (χ1n) is 6.99. The molecule has 0 radical (unpaired) electrons. The van der Waals surface area contributed by atoms with E-state index in [1.165, 1.54) is 0 Å². The number of hydrogen-bond donors (Lipinski definition) is 2. The van der Waals surface area contributed by atoms with E-state index >= 15 is 0 Å². The minimum Gasteiger partial charge on any atom is -0.384 e. The van der Waals surface area contributed by atoms with Crippen molar-refractivity contribution in [3.05, 3.63) is 42.0 Å².